The van der Waals surface area contributed by atoms with E-state index in [9.17, 15) is 4.79 Å². The standard InChI is InChI=1S/C20H31N3O.ClH/c21-13-15-22(14-12-17-6-2-1-3-7-17)16-20(24)23(19-10-11-19)18-8-4-5-9-18;/h1-3,6-7,18-19H,4-5,8-16,21H2;1H. The van der Waals surface area contributed by atoms with Crippen molar-refractivity contribution in [3.8, 4) is 0 Å². The molecule has 1 aromatic rings. The average molecular weight is 366 g/mol. The van der Waals surface area contributed by atoms with Gasteiger partial charge in [-0.2, -0.15) is 0 Å². The summed E-state index contributed by atoms with van der Waals surface area (Å²) in [6, 6.07) is 11.5. The van der Waals surface area contributed by atoms with Crippen LogP contribution in [0.5, 0.6) is 0 Å². The van der Waals surface area contributed by atoms with Gasteiger partial charge in [-0.05, 0) is 37.7 Å². The highest BCUT2D eigenvalue weighted by molar-refractivity contribution is 5.85. The van der Waals surface area contributed by atoms with E-state index < -0.39 is 0 Å². The van der Waals surface area contributed by atoms with Gasteiger partial charge in [-0.15, -0.1) is 12.4 Å². The minimum absolute atomic E-state index is 0. The van der Waals surface area contributed by atoms with Crippen molar-refractivity contribution in [2.75, 3.05) is 26.2 Å². The Hall–Kier alpha value is -1.10. The monoisotopic (exact) mass is 365 g/mol. The van der Waals surface area contributed by atoms with Crippen LogP contribution in [-0.4, -0.2) is 54.0 Å². The molecule has 2 saturated carbocycles. The van der Waals surface area contributed by atoms with Crippen LogP contribution in [0.4, 0.5) is 0 Å². The molecule has 0 radical (unpaired) electrons. The lowest BCUT2D eigenvalue weighted by Gasteiger charge is -2.32. The Kier molecular flexibility index (Phi) is 8.20. The highest BCUT2D eigenvalue weighted by Crippen LogP contribution is 2.34. The van der Waals surface area contributed by atoms with Crippen LogP contribution >= 0.6 is 12.4 Å². The first-order valence-corrected chi connectivity index (χ1v) is 9.55. The van der Waals surface area contributed by atoms with E-state index in [1.165, 1.54) is 44.1 Å². The summed E-state index contributed by atoms with van der Waals surface area (Å²) in [4.78, 5) is 17.4. The van der Waals surface area contributed by atoms with Crippen molar-refractivity contribution in [3.63, 3.8) is 0 Å². The fraction of sp³-hybridized carbons (Fsp3) is 0.650. The maximum Gasteiger partial charge on any atom is 0.237 e. The maximum atomic E-state index is 13.0. The highest BCUT2D eigenvalue weighted by atomic mass is 35.5. The quantitative estimate of drug-likeness (QED) is 0.732. The number of hydrogen-bond acceptors (Lipinski definition) is 3. The Morgan fingerprint density at radius 1 is 1.00 bits per heavy atom. The zero-order chi connectivity index (χ0) is 16.8. The van der Waals surface area contributed by atoms with E-state index in [2.05, 4.69) is 34.1 Å². The number of carbonyl (C=O) groups is 1. The summed E-state index contributed by atoms with van der Waals surface area (Å²) in [6.07, 6.45) is 8.32. The van der Waals surface area contributed by atoms with Crippen molar-refractivity contribution < 1.29 is 4.79 Å². The molecule has 2 aliphatic rings. The third-order valence-electron chi connectivity index (χ3n) is 5.31. The van der Waals surface area contributed by atoms with E-state index in [1.807, 2.05) is 6.07 Å². The topological polar surface area (TPSA) is 49.6 Å². The second-order valence-electron chi connectivity index (χ2n) is 7.27. The number of carbonyl (C=O) groups excluding carboxylic acids is 1. The molecule has 3 rings (SSSR count). The molecule has 4 nitrogen and oxygen atoms in total. The van der Waals surface area contributed by atoms with Crippen molar-refractivity contribution in [2.45, 2.75) is 57.0 Å². The SMILES string of the molecule is Cl.NCCN(CCc1ccccc1)CC(=O)N(C1CCCC1)C1CC1. The molecular formula is C20H32ClN3O. The van der Waals surface area contributed by atoms with Crippen LogP contribution in [0.15, 0.2) is 30.3 Å². The Balaban J connectivity index is 0.00000225. The smallest absolute Gasteiger partial charge is 0.237 e. The van der Waals surface area contributed by atoms with E-state index >= 15 is 0 Å². The van der Waals surface area contributed by atoms with Crippen molar-refractivity contribution in [1.29, 1.82) is 0 Å². The van der Waals surface area contributed by atoms with Gasteiger partial charge in [0.15, 0.2) is 0 Å². The Morgan fingerprint density at radius 3 is 2.24 bits per heavy atom. The number of hydrogen-bond donors (Lipinski definition) is 1. The van der Waals surface area contributed by atoms with Gasteiger partial charge in [0.1, 0.15) is 0 Å². The molecule has 25 heavy (non-hydrogen) atoms. The number of amides is 1. The molecular weight excluding hydrogens is 334 g/mol. The summed E-state index contributed by atoms with van der Waals surface area (Å²) < 4.78 is 0. The summed E-state index contributed by atoms with van der Waals surface area (Å²) in [5.41, 5.74) is 7.10. The first-order chi connectivity index (χ1) is 11.8. The summed E-state index contributed by atoms with van der Waals surface area (Å²) in [5.74, 6) is 0.325. The third-order valence-corrected chi connectivity index (χ3v) is 5.31. The van der Waals surface area contributed by atoms with Crippen molar-refractivity contribution in [1.82, 2.24) is 9.80 Å². The van der Waals surface area contributed by atoms with Crippen LogP contribution in [0, 0.1) is 0 Å². The van der Waals surface area contributed by atoms with Gasteiger partial charge in [0, 0.05) is 31.7 Å². The highest BCUT2D eigenvalue weighted by Gasteiger charge is 2.38. The molecule has 2 fully saturated rings. The van der Waals surface area contributed by atoms with Crippen LogP contribution in [-0.2, 0) is 11.2 Å². The zero-order valence-corrected chi connectivity index (χ0v) is 15.9. The first kappa shape index (κ1) is 20.2. The molecule has 0 unspecified atom stereocenters. The van der Waals surface area contributed by atoms with Gasteiger partial charge in [-0.25, -0.2) is 0 Å². The summed E-state index contributed by atoms with van der Waals surface area (Å²) in [5, 5.41) is 0. The molecule has 2 N–H and O–H groups in total. The first-order valence-electron chi connectivity index (χ1n) is 9.55. The molecule has 0 aromatic heterocycles. The van der Waals surface area contributed by atoms with Crippen molar-refractivity contribution >= 4 is 18.3 Å². The van der Waals surface area contributed by atoms with Crippen LogP contribution < -0.4 is 5.73 Å². The van der Waals surface area contributed by atoms with Gasteiger partial charge in [-0.1, -0.05) is 43.2 Å². The number of rotatable bonds is 9. The Morgan fingerprint density at radius 2 is 1.64 bits per heavy atom. The second kappa shape index (κ2) is 10.1. The number of nitrogens with two attached hydrogens (primary N) is 1. The third kappa shape index (κ3) is 5.98. The van der Waals surface area contributed by atoms with E-state index in [0.29, 0.717) is 31.1 Å². The van der Waals surface area contributed by atoms with E-state index in [1.54, 1.807) is 0 Å². The lowest BCUT2D eigenvalue weighted by Crippen LogP contribution is -2.47. The summed E-state index contributed by atoms with van der Waals surface area (Å²) in [7, 11) is 0. The fourth-order valence-electron chi connectivity index (χ4n) is 3.90. The normalized spacial score (nSPS) is 17.5. The van der Waals surface area contributed by atoms with Gasteiger partial charge in [0.25, 0.3) is 0 Å². The van der Waals surface area contributed by atoms with Crippen molar-refractivity contribution in [3.05, 3.63) is 35.9 Å². The molecule has 0 atom stereocenters. The number of benzene rings is 1. The van der Waals surface area contributed by atoms with Gasteiger partial charge < -0.3 is 10.6 Å². The molecule has 1 amide bonds. The minimum atomic E-state index is 0. The molecule has 5 heteroatoms. The number of halogens is 1. The van der Waals surface area contributed by atoms with E-state index in [-0.39, 0.29) is 12.4 Å². The molecule has 140 valence electrons. The molecule has 0 heterocycles. The predicted molar refractivity (Wildman–Crippen MR) is 105 cm³/mol. The van der Waals surface area contributed by atoms with Gasteiger partial charge in [0.05, 0.1) is 6.54 Å². The maximum absolute atomic E-state index is 13.0. The lowest BCUT2D eigenvalue weighted by molar-refractivity contribution is -0.135. The summed E-state index contributed by atoms with van der Waals surface area (Å²) >= 11 is 0. The Labute approximate surface area is 158 Å². The lowest BCUT2D eigenvalue weighted by atomic mass is 10.1. The second-order valence-corrected chi connectivity index (χ2v) is 7.27. The molecule has 0 saturated heterocycles. The minimum Gasteiger partial charge on any atom is -0.336 e. The average Bonchev–Trinajstić information content (AvgIpc) is 3.28. The Bertz CT molecular complexity index is 515. The zero-order valence-electron chi connectivity index (χ0n) is 15.1. The van der Waals surface area contributed by atoms with Crippen LogP contribution in [0.1, 0.15) is 44.1 Å². The van der Waals surface area contributed by atoms with Crippen molar-refractivity contribution in [2.24, 2.45) is 5.73 Å². The molecule has 2 aliphatic carbocycles. The molecule has 0 bridgehead atoms. The number of nitrogens with zero attached hydrogens (tertiary/aromatic N) is 2. The van der Waals surface area contributed by atoms with Gasteiger partial charge in [0.2, 0.25) is 5.91 Å². The van der Waals surface area contributed by atoms with Crippen LogP contribution in [0.2, 0.25) is 0 Å². The van der Waals surface area contributed by atoms with Gasteiger partial charge in [-0.3, -0.25) is 9.69 Å². The molecule has 0 spiro atoms. The fourth-order valence-corrected chi connectivity index (χ4v) is 3.90. The summed E-state index contributed by atoms with van der Waals surface area (Å²) in [6.45, 7) is 2.82. The largest absolute Gasteiger partial charge is 0.336 e. The van der Waals surface area contributed by atoms with Crippen LogP contribution in [0.3, 0.4) is 0 Å². The molecule has 0 aliphatic heterocycles. The molecule has 1 aromatic carbocycles. The van der Waals surface area contributed by atoms with Gasteiger partial charge >= 0.3 is 0 Å². The predicted octanol–water partition coefficient (Wildman–Crippen LogP) is 2.85. The van der Waals surface area contributed by atoms with E-state index in [0.717, 1.165) is 19.5 Å². The van der Waals surface area contributed by atoms with E-state index in [4.69, 9.17) is 5.73 Å². The van der Waals surface area contributed by atoms with Crippen LogP contribution in [0.25, 0.3) is 0 Å².